The molecular formula is C80H90Cl2N12O25S. The van der Waals surface area contributed by atoms with Gasteiger partial charge in [-0.15, -0.1) is 11.3 Å². The number of carboxylic acid groups (broad SMARTS) is 1. The largest absolute Gasteiger partial charge is 0.508 e. The molecule has 11 bridgehead atoms. The molecular weight excluding hydrogens is 1630 g/mol. The second kappa shape index (κ2) is 36.2. The van der Waals surface area contributed by atoms with Crippen LogP contribution >= 0.6 is 34.5 Å². The van der Waals surface area contributed by atoms with Crippen molar-refractivity contribution in [3.63, 3.8) is 0 Å². The molecule has 2 fully saturated rings. The zero-order chi connectivity index (χ0) is 87.0. The Balaban J connectivity index is 1.02. The number of ether oxygens (including phenoxy) is 6. The number of phenols is 3. The summed E-state index contributed by atoms with van der Waals surface area (Å²) in [4.78, 5) is 141. The SMILES string of the molecule is CN[C@@H](CC(C)C)C(=O)N[C@H]1C(=O)N[C@@H](CC(N)=O)C(=O)NC2C(=O)N[C@@H]3C(=O)N[C@@H](C(=O)N[C@@H](C(=O)O)c4cc(O)cc(O)c4-c4cc3ccc4O)[C@H](O)c3ccc(c(Cl)c3)Oc3cc2cc(c3OC2O[C@@H](CO)[C@@H](O)[C@@H](O)[C@H]2O[C@H]2C[C@@](C)(NCc3cncc(C(=O)Nc4nc(C(C)(C)C)cs4)c3)[C@@H](O)[C@@H](C)O2)Oc2ccc(cc2Cl)[C@H]1O. The predicted octanol–water partition coefficient (Wildman–Crippen LogP) is 3.34. The minimum atomic E-state index is -2.38. The fraction of sp³-hybridized carbons (Fsp3) is 0.412. The van der Waals surface area contributed by atoms with Crippen LogP contribution < -0.4 is 67.8 Å². The van der Waals surface area contributed by atoms with Crippen molar-refractivity contribution >= 4 is 92.9 Å². The van der Waals surface area contributed by atoms with E-state index in [0.717, 1.165) is 72.4 Å². The number of likely N-dealkylation sites (N-methyl/N-ethyl adjacent to an activating group) is 1. The van der Waals surface area contributed by atoms with Gasteiger partial charge in [0.1, 0.15) is 89.5 Å². The van der Waals surface area contributed by atoms with E-state index in [1.165, 1.54) is 49.8 Å². The Labute approximate surface area is 698 Å². The van der Waals surface area contributed by atoms with Crippen LogP contribution in [0.25, 0.3) is 11.1 Å². The fourth-order valence-corrected chi connectivity index (χ4v) is 15.9. The summed E-state index contributed by atoms with van der Waals surface area (Å²) >= 11 is 15.6. The summed E-state index contributed by atoms with van der Waals surface area (Å²) in [6.07, 6.45) is -16.4. The number of hydrogen-bond acceptors (Lipinski definition) is 29. The number of nitrogens with zero attached hydrogens (tertiary/aromatic N) is 2. The highest BCUT2D eigenvalue weighted by atomic mass is 35.5. The minimum absolute atomic E-state index is 0.0192. The van der Waals surface area contributed by atoms with Crippen LogP contribution in [-0.4, -0.2) is 207 Å². The van der Waals surface area contributed by atoms with Crippen LogP contribution in [0, 0.1) is 5.92 Å². The summed E-state index contributed by atoms with van der Waals surface area (Å²) < 4.78 is 39.4. The summed E-state index contributed by atoms with van der Waals surface area (Å²) in [6, 6.07) is 0.683. The van der Waals surface area contributed by atoms with Gasteiger partial charge in [0.15, 0.2) is 35.1 Å². The number of amides is 8. The van der Waals surface area contributed by atoms with E-state index in [1.807, 2.05) is 40.0 Å². The van der Waals surface area contributed by atoms with Gasteiger partial charge in [0.25, 0.3) is 5.91 Å². The third-order valence-corrected chi connectivity index (χ3v) is 22.3. The summed E-state index contributed by atoms with van der Waals surface area (Å²) in [5.41, 5.74) is 2.64. The van der Waals surface area contributed by atoms with E-state index in [9.17, 15) is 79.8 Å². The molecule has 7 aromatic rings. The third kappa shape index (κ3) is 19.3. The number of anilines is 1. The average Bonchev–Trinajstić information content (AvgIpc) is 0.789. The molecule has 2 aromatic heterocycles. The van der Waals surface area contributed by atoms with E-state index < -0.39 is 243 Å². The lowest BCUT2D eigenvalue weighted by Crippen LogP contribution is -2.65. The van der Waals surface area contributed by atoms with Crippen LogP contribution in [0.1, 0.15) is 147 Å². The molecule has 0 radical (unpaired) electrons. The van der Waals surface area contributed by atoms with Crippen molar-refractivity contribution < 1.29 is 123 Å². The highest BCUT2D eigenvalue weighted by Gasteiger charge is 2.52. The maximum atomic E-state index is 16.2. The number of nitrogens with one attached hydrogen (secondary N) is 9. The first-order chi connectivity index (χ1) is 56.7. The number of rotatable bonds is 18. The Hall–Kier alpha value is -10.9. The molecule has 0 aliphatic carbocycles. The lowest BCUT2D eigenvalue weighted by Gasteiger charge is -2.48. The number of thiazole rings is 1. The molecule has 8 amide bonds. The number of nitrogens with two attached hydrogens (primary N) is 1. The number of carboxylic acids is 1. The molecule has 14 rings (SSSR count). The molecule has 640 valence electrons. The zero-order valence-electron chi connectivity index (χ0n) is 65.5. The maximum Gasteiger partial charge on any atom is 0.330 e. The first kappa shape index (κ1) is 88.3. The Kier molecular flexibility index (Phi) is 26.6. The van der Waals surface area contributed by atoms with Crippen LogP contribution in [0.3, 0.4) is 0 Å². The van der Waals surface area contributed by atoms with Gasteiger partial charge in [-0.05, 0) is 122 Å². The van der Waals surface area contributed by atoms with Crippen molar-refractivity contribution in [2.24, 2.45) is 11.7 Å². The molecule has 9 heterocycles. The van der Waals surface area contributed by atoms with Gasteiger partial charge in [-0.25, -0.2) is 9.78 Å². The van der Waals surface area contributed by atoms with E-state index in [0.29, 0.717) is 10.7 Å². The zero-order valence-corrected chi connectivity index (χ0v) is 67.8. The smallest absolute Gasteiger partial charge is 0.330 e. The Morgan fingerprint density at radius 1 is 0.742 bits per heavy atom. The van der Waals surface area contributed by atoms with E-state index in [2.05, 4.69) is 57.8 Å². The maximum absolute atomic E-state index is 16.2. The number of pyridine rings is 1. The van der Waals surface area contributed by atoms with Gasteiger partial charge >= 0.3 is 5.97 Å². The number of aromatic hydroxyl groups is 3. The molecule has 2 unspecified atom stereocenters. The topological polar surface area (TPSA) is 571 Å². The van der Waals surface area contributed by atoms with Gasteiger partial charge in [-0.2, -0.15) is 0 Å². The summed E-state index contributed by atoms with van der Waals surface area (Å²) in [5.74, 6) is -16.8. The van der Waals surface area contributed by atoms with Gasteiger partial charge in [0.2, 0.25) is 53.4 Å². The van der Waals surface area contributed by atoms with E-state index >= 15 is 14.4 Å². The number of aliphatic carboxylic acids is 1. The third-order valence-electron chi connectivity index (χ3n) is 21.0. The van der Waals surface area contributed by atoms with Crippen molar-refractivity contribution in [3.8, 4) is 57.1 Å². The van der Waals surface area contributed by atoms with E-state index in [1.54, 1.807) is 13.0 Å². The standard InChI is InChI=1S/C80H90Cl2N12O25S/c1-31(2)15-44(84-8)70(106)92-60-62(100)35-10-13-48(42(81)18-35)115-50-20-37-21-51(66(50)119-77-67(65(103)64(102)52(29-95)117-77)118-55-25-80(7,68(104)32(3)114-55)86-27-33-16-38(28-85-26-33)69(105)94-78-88-53(30-120-78)79(4,5)6)116-49-14-11-36(19-43(49)82)63(101)61-75(111)91-59(76(112)113)41-22-39(96)23-47(98)56(41)40-17-34(9-12-46(40)97)57(72(108)93-61)90-73(109)58(37)89-71(107)45(24-54(83)99)87-74(60)110/h9-14,16-23,26,28,30-32,44-45,52,55,57-65,67-68,77,84,86,95-98,100-104H,15,24-25,27,29H2,1-8H3,(H2,83,99)(H,87,110)(H,89,107)(H,90,109)(H,91,111)(H,92,106)(H,93,108)(H,112,113)(H,88,94,105)/t32-,44+,45+,52+,55+,57+,58?,59-,60-,61-,62-,63-,64-,65-,67-,68+,77?,80-/m1/s1. The number of hydrogen-bond donors (Lipinski definition) is 20. The lowest BCUT2D eigenvalue weighted by molar-refractivity contribution is -0.334. The number of benzene rings is 5. The van der Waals surface area contributed by atoms with Crippen molar-refractivity contribution in [2.45, 2.75) is 189 Å². The molecule has 18 atom stereocenters. The van der Waals surface area contributed by atoms with Gasteiger partial charge in [-0.3, -0.25) is 48.7 Å². The number of primary amides is 1. The molecule has 120 heavy (non-hydrogen) atoms. The number of phenolic OH excluding ortho intramolecular Hbond substituents is 3. The summed E-state index contributed by atoms with van der Waals surface area (Å²) in [7, 11) is 1.47. The highest BCUT2D eigenvalue weighted by Crippen LogP contribution is 2.50. The predicted molar refractivity (Wildman–Crippen MR) is 425 cm³/mol. The molecule has 7 aliphatic heterocycles. The van der Waals surface area contributed by atoms with Crippen LogP contribution in [0.15, 0.2) is 103 Å². The number of aliphatic hydroxyl groups is 6. The number of fused-ring (bicyclic) bond motifs is 15. The summed E-state index contributed by atoms with van der Waals surface area (Å²) in [6.45, 7) is 11.7. The molecule has 5 aromatic carbocycles. The second-order valence-electron chi connectivity index (χ2n) is 31.3. The van der Waals surface area contributed by atoms with Crippen LogP contribution in [0.4, 0.5) is 5.13 Å². The Morgan fingerprint density at radius 3 is 2.00 bits per heavy atom. The van der Waals surface area contributed by atoms with E-state index in [-0.39, 0.29) is 63.7 Å². The molecule has 0 saturated carbocycles. The molecule has 21 N–H and O–H groups in total. The van der Waals surface area contributed by atoms with Gasteiger partial charge in [0.05, 0.1) is 52.6 Å². The summed E-state index contributed by atoms with van der Waals surface area (Å²) in [5, 5.41) is 142. The number of halogens is 2. The van der Waals surface area contributed by atoms with Gasteiger partial charge in [0, 0.05) is 64.4 Å². The molecule has 37 nitrogen and oxygen atoms in total. The first-order valence-electron chi connectivity index (χ1n) is 37.8. The lowest BCUT2D eigenvalue weighted by atomic mass is 9.84. The fourth-order valence-electron chi connectivity index (χ4n) is 14.5. The van der Waals surface area contributed by atoms with Crippen molar-refractivity contribution in [2.75, 3.05) is 19.0 Å². The van der Waals surface area contributed by atoms with Gasteiger partial charge < -0.3 is 128 Å². The van der Waals surface area contributed by atoms with Crippen LogP contribution in [-0.2, 0) is 64.5 Å². The Morgan fingerprint density at radius 2 is 1.38 bits per heavy atom. The quantitative estimate of drug-likeness (QED) is 0.0586. The van der Waals surface area contributed by atoms with Crippen LogP contribution in [0.5, 0.6) is 46.0 Å². The monoisotopic (exact) mass is 1720 g/mol. The number of carbonyl (C=O) groups is 9. The molecule has 40 heteroatoms. The number of carbonyl (C=O) groups excluding carboxylic acids is 8. The first-order valence-corrected chi connectivity index (χ1v) is 39.5. The average molecular weight is 1720 g/mol. The van der Waals surface area contributed by atoms with Crippen LogP contribution in [0.2, 0.25) is 10.0 Å². The highest BCUT2D eigenvalue weighted by molar-refractivity contribution is 7.14. The Bertz CT molecular complexity index is 5130. The van der Waals surface area contributed by atoms with E-state index in [4.69, 9.17) is 57.4 Å². The van der Waals surface area contributed by atoms with Crippen molar-refractivity contribution in [1.29, 1.82) is 0 Å². The number of aliphatic hydroxyl groups excluding tert-OH is 6. The van der Waals surface area contributed by atoms with Crippen molar-refractivity contribution in [1.82, 2.24) is 52.5 Å². The number of aromatic nitrogens is 2. The molecule has 2 saturated heterocycles. The molecule has 0 spiro atoms. The van der Waals surface area contributed by atoms with Gasteiger partial charge in [-0.1, -0.05) is 76.0 Å². The molecule has 7 aliphatic rings. The second-order valence-corrected chi connectivity index (χ2v) is 33.0. The minimum Gasteiger partial charge on any atom is -0.508 e. The normalized spacial score (nSPS) is 26.7. The van der Waals surface area contributed by atoms with Crippen molar-refractivity contribution in [3.05, 3.63) is 157 Å².